The fourth-order valence-electron chi connectivity index (χ4n) is 1.90. The molecule has 0 saturated heterocycles. The highest BCUT2D eigenvalue weighted by Gasteiger charge is 2.27. The predicted octanol–water partition coefficient (Wildman–Crippen LogP) is 2.57. The number of carbonyl (C=O) groups excluding carboxylic acids is 1. The maximum absolute atomic E-state index is 11.9. The van der Waals surface area contributed by atoms with Crippen molar-refractivity contribution in [3.05, 3.63) is 40.5 Å². The van der Waals surface area contributed by atoms with Crippen molar-refractivity contribution < 1.29 is 9.90 Å². The van der Waals surface area contributed by atoms with Crippen LogP contribution in [-0.2, 0) is 4.79 Å². The first-order chi connectivity index (χ1) is 7.99. The molecule has 1 aromatic rings. The van der Waals surface area contributed by atoms with Gasteiger partial charge in [0.2, 0.25) is 5.88 Å². The summed E-state index contributed by atoms with van der Waals surface area (Å²) in [7, 11) is 0. The maximum atomic E-state index is 11.9. The molecule has 4 nitrogen and oxygen atoms in total. The minimum absolute atomic E-state index is 0.194. The molecular formula is C12H11ClN2O2. The molecular weight excluding hydrogens is 240 g/mol. The highest BCUT2D eigenvalue weighted by molar-refractivity contribution is 6.29. The molecule has 1 N–H and O–H groups in total. The molecule has 0 saturated carbocycles. The molecule has 1 atom stereocenters. The molecule has 1 aliphatic heterocycles. The van der Waals surface area contributed by atoms with E-state index in [0.29, 0.717) is 10.9 Å². The molecule has 0 amide bonds. The molecule has 17 heavy (non-hydrogen) atoms. The number of aliphatic imine (C=N–C) groups is 1. The Kier molecular flexibility index (Phi) is 2.98. The Balaban J connectivity index is 2.51. The van der Waals surface area contributed by atoms with Gasteiger partial charge in [-0.25, -0.2) is 9.98 Å². The number of pyridine rings is 1. The second-order valence-corrected chi connectivity index (χ2v) is 4.34. The van der Waals surface area contributed by atoms with Crippen LogP contribution in [0.4, 0.5) is 0 Å². The van der Waals surface area contributed by atoms with E-state index in [9.17, 15) is 9.90 Å². The van der Waals surface area contributed by atoms with Gasteiger partial charge in [-0.05, 0) is 31.0 Å². The number of rotatable bonds is 1. The summed E-state index contributed by atoms with van der Waals surface area (Å²) in [6.45, 7) is 3.57. The molecule has 1 aliphatic rings. The minimum atomic E-state index is -0.480. The number of hydrogen-bond acceptors (Lipinski definition) is 4. The van der Waals surface area contributed by atoms with Crippen molar-refractivity contribution in [2.45, 2.75) is 19.8 Å². The fraction of sp³-hybridized carbons (Fsp3) is 0.250. The van der Waals surface area contributed by atoms with E-state index in [1.807, 2.05) is 6.92 Å². The summed E-state index contributed by atoms with van der Waals surface area (Å²) in [5.74, 6) is -0.923. The van der Waals surface area contributed by atoms with Crippen molar-refractivity contribution in [3.8, 4) is 0 Å². The lowest BCUT2D eigenvalue weighted by Gasteiger charge is -2.19. The van der Waals surface area contributed by atoms with Crippen molar-refractivity contribution in [1.82, 2.24) is 4.98 Å². The van der Waals surface area contributed by atoms with Gasteiger partial charge in [0.1, 0.15) is 5.15 Å². The molecule has 5 heteroatoms. The van der Waals surface area contributed by atoms with Gasteiger partial charge in [-0.2, -0.15) is 0 Å². The highest BCUT2D eigenvalue weighted by atomic mass is 35.5. The molecule has 2 heterocycles. The third kappa shape index (κ3) is 2.22. The van der Waals surface area contributed by atoms with E-state index in [1.54, 1.807) is 19.2 Å². The Morgan fingerprint density at radius 3 is 2.76 bits per heavy atom. The van der Waals surface area contributed by atoms with Gasteiger partial charge in [-0.15, -0.1) is 0 Å². The molecule has 2 rings (SSSR count). The SMILES string of the molecule is CC1=NC(O)=CC(=O)C1c1cc(Cl)ncc1C. The zero-order valence-corrected chi connectivity index (χ0v) is 10.2. The summed E-state index contributed by atoms with van der Waals surface area (Å²) in [4.78, 5) is 19.8. The van der Waals surface area contributed by atoms with Gasteiger partial charge in [-0.3, -0.25) is 4.79 Å². The third-order valence-electron chi connectivity index (χ3n) is 2.69. The van der Waals surface area contributed by atoms with Crippen LogP contribution >= 0.6 is 11.6 Å². The zero-order chi connectivity index (χ0) is 12.6. The van der Waals surface area contributed by atoms with E-state index in [4.69, 9.17) is 11.6 Å². The van der Waals surface area contributed by atoms with Crippen molar-refractivity contribution in [3.63, 3.8) is 0 Å². The average Bonchev–Trinajstić information content (AvgIpc) is 2.21. The number of allylic oxidation sites excluding steroid dienone is 1. The topological polar surface area (TPSA) is 62.6 Å². The summed E-state index contributed by atoms with van der Waals surface area (Å²) < 4.78 is 0. The first-order valence-electron chi connectivity index (χ1n) is 5.11. The first-order valence-corrected chi connectivity index (χ1v) is 5.48. The third-order valence-corrected chi connectivity index (χ3v) is 2.89. The van der Waals surface area contributed by atoms with Crippen LogP contribution in [0.25, 0.3) is 0 Å². The van der Waals surface area contributed by atoms with E-state index in [-0.39, 0.29) is 11.7 Å². The summed E-state index contributed by atoms with van der Waals surface area (Å²) in [6, 6.07) is 1.66. The highest BCUT2D eigenvalue weighted by Crippen LogP contribution is 2.27. The van der Waals surface area contributed by atoms with Crippen LogP contribution in [0.15, 0.2) is 29.2 Å². The Hall–Kier alpha value is -1.68. The number of aliphatic hydroxyl groups excluding tert-OH is 1. The van der Waals surface area contributed by atoms with Crippen LogP contribution in [0, 0.1) is 6.92 Å². The number of hydrogen-bond donors (Lipinski definition) is 1. The van der Waals surface area contributed by atoms with Crippen molar-refractivity contribution in [1.29, 1.82) is 0 Å². The Morgan fingerprint density at radius 1 is 1.41 bits per heavy atom. The number of aromatic nitrogens is 1. The van der Waals surface area contributed by atoms with Gasteiger partial charge in [-0.1, -0.05) is 11.6 Å². The van der Waals surface area contributed by atoms with Crippen LogP contribution in [0.1, 0.15) is 24.0 Å². The predicted molar refractivity (Wildman–Crippen MR) is 65.6 cm³/mol. The van der Waals surface area contributed by atoms with E-state index in [1.165, 1.54) is 0 Å². The van der Waals surface area contributed by atoms with E-state index in [2.05, 4.69) is 9.98 Å². The quantitative estimate of drug-likeness (QED) is 0.779. The summed E-state index contributed by atoms with van der Waals surface area (Å²) in [6.07, 6.45) is 2.75. The average molecular weight is 251 g/mol. The maximum Gasteiger partial charge on any atom is 0.214 e. The van der Waals surface area contributed by atoms with Crippen LogP contribution in [0.3, 0.4) is 0 Å². The lowest BCUT2D eigenvalue weighted by atomic mass is 9.87. The van der Waals surface area contributed by atoms with Crippen molar-refractivity contribution >= 4 is 23.1 Å². The van der Waals surface area contributed by atoms with Gasteiger partial charge >= 0.3 is 0 Å². The Bertz CT molecular complexity index is 549. The van der Waals surface area contributed by atoms with Crippen LogP contribution < -0.4 is 0 Å². The zero-order valence-electron chi connectivity index (χ0n) is 9.44. The minimum Gasteiger partial charge on any atom is -0.493 e. The van der Waals surface area contributed by atoms with Gasteiger partial charge in [0.25, 0.3) is 0 Å². The fourth-order valence-corrected chi connectivity index (χ4v) is 2.06. The molecule has 88 valence electrons. The number of ketones is 1. The molecule has 1 unspecified atom stereocenters. The number of aryl methyl sites for hydroxylation is 1. The molecule has 0 radical (unpaired) electrons. The lowest BCUT2D eigenvalue weighted by molar-refractivity contribution is -0.114. The number of halogens is 1. The van der Waals surface area contributed by atoms with E-state index >= 15 is 0 Å². The van der Waals surface area contributed by atoms with E-state index < -0.39 is 5.92 Å². The number of nitrogens with zero attached hydrogens (tertiary/aromatic N) is 2. The second-order valence-electron chi connectivity index (χ2n) is 3.95. The van der Waals surface area contributed by atoms with Crippen LogP contribution in [-0.4, -0.2) is 21.6 Å². The van der Waals surface area contributed by atoms with Gasteiger partial charge < -0.3 is 5.11 Å². The summed E-state index contributed by atoms with van der Waals surface area (Å²) in [5.41, 5.74) is 2.21. The van der Waals surface area contributed by atoms with Crippen LogP contribution in [0.2, 0.25) is 5.15 Å². The van der Waals surface area contributed by atoms with Crippen molar-refractivity contribution in [2.75, 3.05) is 0 Å². The van der Waals surface area contributed by atoms with Gasteiger partial charge in [0, 0.05) is 18.0 Å². The first kappa shape index (κ1) is 11.8. The summed E-state index contributed by atoms with van der Waals surface area (Å²) >= 11 is 5.83. The molecule has 0 spiro atoms. The molecule has 0 aliphatic carbocycles. The summed E-state index contributed by atoms with van der Waals surface area (Å²) in [5, 5.41) is 9.59. The normalized spacial score (nSPS) is 19.9. The molecule has 1 aromatic heterocycles. The monoisotopic (exact) mass is 250 g/mol. The number of carbonyl (C=O) groups is 1. The standard InChI is InChI=1S/C12H11ClN2O2/c1-6-5-14-10(13)3-8(6)12-7(2)15-11(17)4-9(12)16/h3-5,12,17H,1-2H3. The number of aliphatic hydroxyl groups is 1. The second kappa shape index (κ2) is 4.30. The molecule has 0 aromatic carbocycles. The Morgan fingerprint density at radius 2 is 2.12 bits per heavy atom. The largest absolute Gasteiger partial charge is 0.493 e. The van der Waals surface area contributed by atoms with E-state index in [0.717, 1.165) is 17.2 Å². The smallest absolute Gasteiger partial charge is 0.214 e. The van der Waals surface area contributed by atoms with Crippen molar-refractivity contribution in [2.24, 2.45) is 4.99 Å². The van der Waals surface area contributed by atoms with Gasteiger partial charge in [0.05, 0.1) is 5.92 Å². The lowest BCUT2D eigenvalue weighted by Crippen LogP contribution is -2.23. The Labute approximate surface area is 104 Å². The molecule has 0 bridgehead atoms. The van der Waals surface area contributed by atoms with Gasteiger partial charge in [0.15, 0.2) is 5.78 Å². The van der Waals surface area contributed by atoms with Crippen LogP contribution in [0.5, 0.6) is 0 Å². The molecule has 0 fully saturated rings.